The van der Waals surface area contributed by atoms with Gasteiger partial charge in [-0.05, 0) is 38.5 Å². The largest absolute Gasteiger partial charge is 0.398 e. The molecule has 0 aliphatic carbocycles. The molecule has 0 amide bonds. The molecule has 20 heavy (non-hydrogen) atoms. The van der Waals surface area contributed by atoms with E-state index < -0.39 is 24.6 Å². The van der Waals surface area contributed by atoms with Crippen LogP contribution in [0.3, 0.4) is 0 Å². The lowest BCUT2D eigenvalue weighted by molar-refractivity contribution is 0.537. The Bertz CT molecular complexity index is 707. The summed E-state index contributed by atoms with van der Waals surface area (Å²) in [5, 5.41) is 0. The van der Waals surface area contributed by atoms with Crippen LogP contribution in [0.1, 0.15) is 19.4 Å². The van der Waals surface area contributed by atoms with Crippen LogP contribution in [0.15, 0.2) is 23.1 Å². The highest BCUT2D eigenvalue weighted by atomic mass is 32.2. The molecule has 1 aromatic rings. The van der Waals surface area contributed by atoms with Crippen LogP contribution in [0, 0.1) is 6.92 Å². The average Bonchev–Trinajstić information content (AvgIpc) is 2.29. The number of benzene rings is 1. The number of sulfone groups is 1. The van der Waals surface area contributed by atoms with E-state index in [2.05, 4.69) is 4.72 Å². The molecule has 1 aromatic carbocycles. The summed E-state index contributed by atoms with van der Waals surface area (Å²) >= 11 is 0. The molecule has 6 nitrogen and oxygen atoms in total. The van der Waals surface area contributed by atoms with E-state index in [1.54, 1.807) is 19.1 Å². The van der Waals surface area contributed by atoms with Crippen LogP contribution in [0.5, 0.6) is 0 Å². The smallest absolute Gasteiger partial charge is 0.240 e. The summed E-state index contributed by atoms with van der Waals surface area (Å²) in [6.07, 6.45) is 1.08. The molecule has 0 unspecified atom stereocenters. The number of anilines is 1. The van der Waals surface area contributed by atoms with Crippen molar-refractivity contribution in [1.29, 1.82) is 0 Å². The molecular weight excluding hydrogens is 300 g/mol. The summed E-state index contributed by atoms with van der Waals surface area (Å²) in [6, 6.07) is 4.58. The highest BCUT2D eigenvalue weighted by Crippen LogP contribution is 2.21. The molecule has 8 heteroatoms. The van der Waals surface area contributed by atoms with Crippen LogP contribution in [-0.2, 0) is 19.9 Å². The van der Waals surface area contributed by atoms with Crippen molar-refractivity contribution >= 4 is 25.5 Å². The Morgan fingerprint density at radius 3 is 2.25 bits per heavy atom. The van der Waals surface area contributed by atoms with Crippen molar-refractivity contribution in [2.24, 2.45) is 0 Å². The van der Waals surface area contributed by atoms with E-state index in [9.17, 15) is 16.8 Å². The Hall–Kier alpha value is -1.12. The van der Waals surface area contributed by atoms with Crippen LogP contribution in [0.25, 0.3) is 0 Å². The predicted octanol–water partition coefficient (Wildman–Crippen LogP) is 0.679. The van der Waals surface area contributed by atoms with Gasteiger partial charge in [-0.1, -0.05) is 6.07 Å². The van der Waals surface area contributed by atoms with Crippen molar-refractivity contribution in [2.45, 2.75) is 30.4 Å². The van der Waals surface area contributed by atoms with Gasteiger partial charge in [0.25, 0.3) is 0 Å². The zero-order valence-corrected chi connectivity index (χ0v) is 13.6. The first-order chi connectivity index (χ1) is 8.88. The quantitative estimate of drug-likeness (QED) is 0.776. The minimum Gasteiger partial charge on any atom is -0.398 e. The Kier molecular flexibility index (Phi) is 4.52. The zero-order chi connectivity index (χ0) is 15.8. The van der Waals surface area contributed by atoms with Crippen molar-refractivity contribution in [2.75, 3.05) is 18.5 Å². The Morgan fingerprint density at radius 2 is 1.75 bits per heavy atom. The number of rotatable bonds is 5. The average molecular weight is 320 g/mol. The molecule has 114 valence electrons. The molecule has 0 aromatic heterocycles. The molecule has 0 atom stereocenters. The fourth-order valence-corrected chi connectivity index (χ4v) is 3.31. The molecule has 0 saturated heterocycles. The van der Waals surface area contributed by atoms with Gasteiger partial charge >= 0.3 is 0 Å². The number of nitrogens with one attached hydrogen (secondary N) is 1. The molecule has 0 fully saturated rings. The van der Waals surface area contributed by atoms with Crippen LogP contribution in [0.4, 0.5) is 5.69 Å². The highest BCUT2D eigenvalue weighted by Gasteiger charge is 2.32. The molecule has 0 bridgehead atoms. The highest BCUT2D eigenvalue weighted by molar-refractivity contribution is 7.92. The molecular formula is C12H20N2O4S2. The van der Waals surface area contributed by atoms with Gasteiger partial charge in [-0.15, -0.1) is 0 Å². The van der Waals surface area contributed by atoms with E-state index in [4.69, 9.17) is 5.73 Å². The van der Waals surface area contributed by atoms with Crippen molar-refractivity contribution in [3.05, 3.63) is 23.8 Å². The number of hydrogen-bond acceptors (Lipinski definition) is 5. The number of nitrogens with two attached hydrogens (primary N) is 1. The van der Waals surface area contributed by atoms with Gasteiger partial charge < -0.3 is 5.73 Å². The molecule has 0 spiro atoms. The molecule has 0 aliphatic heterocycles. The van der Waals surface area contributed by atoms with E-state index in [-0.39, 0.29) is 11.4 Å². The Balaban J connectivity index is 3.07. The van der Waals surface area contributed by atoms with Crippen LogP contribution < -0.4 is 10.5 Å². The maximum absolute atomic E-state index is 12.2. The molecule has 3 N–H and O–H groups in total. The van der Waals surface area contributed by atoms with E-state index in [0.717, 1.165) is 6.26 Å². The van der Waals surface area contributed by atoms with Gasteiger partial charge in [0.1, 0.15) is 0 Å². The first-order valence-electron chi connectivity index (χ1n) is 5.93. The summed E-state index contributed by atoms with van der Waals surface area (Å²) in [4.78, 5) is 0.0572. The van der Waals surface area contributed by atoms with E-state index in [1.165, 1.54) is 19.9 Å². The molecule has 0 saturated carbocycles. The topological polar surface area (TPSA) is 106 Å². The second-order valence-electron chi connectivity index (χ2n) is 5.33. The van der Waals surface area contributed by atoms with E-state index in [1.807, 2.05) is 0 Å². The summed E-state index contributed by atoms with van der Waals surface area (Å²) in [5.41, 5.74) is 6.49. The molecule has 1 rings (SSSR count). The maximum Gasteiger partial charge on any atom is 0.240 e. The van der Waals surface area contributed by atoms with Crippen molar-refractivity contribution in [3.8, 4) is 0 Å². The van der Waals surface area contributed by atoms with Gasteiger partial charge in [0.2, 0.25) is 10.0 Å². The Morgan fingerprint density at radius 1 is 1.20 bits per heavy atom. The summed E-state index contributed by atoms with van der Waals surface area (Å²) < 4.78 is 48.7. The van der Waals surface area contributed by atoms with Crippen LogP contribution in [0.2, 0.25) is 0 Å². The lowest BCUT2D eigenvalue weighted by Gasteiger charge is -2.23. The first-order valence-corrected chi connectivity index (χ1v) is 9.30. The van der Waals surface area contributed by atoms with Gasteiger partial charge in [-0.25, -0.2) is 21.6 Å². The normalized spacial score (nSPS) is 13.4. The third kappa shape index (κ3) is 3.50. The van der Waals surface area contributed by atoms with Crippen molar-refractivity contribution < 1.29 is 16.8 Å². The van der Waals surface area contributed by atoms with Crippen molar-refractivity contribution in [1.82, 2.24) is 4.72 Å². The number of hydrogen-bond donors (Lipinski definition) is 2. The fourth-order valence-electron chi connectivity index (χ4n) is 1.40. The van der Waals surface area contributed by atoms with Crippen molar-refractivity contribution in [3.63, 3.8) is 0 Å². The summed E-state index contributed by atoms with van der Waals surface area (Å²) in [7, 11) is -7.18. The van der Waals surface area contributed by atoms with Gasteiger partial charge in [0.05, 0.1) is 9.64 Å². The third-order valence-corrected chi connectivity index (χ3v) is 7.00. The molecule has 0 radical (unpaired) electrons. The second-order valence-corrected chi connectivity index (χ2v) is 9.71. The lowest BCUT2D eigenvalue weighted by Crippen LogP contribution is -2.43. The van der Waals surface area contributed by atoms with Gasteiger partial charge in [-0.2, -0.15) is 0 Å². The van der Waals surface area contributed by atoms with Gasteiger partial charge in [0, 0.05) is 18.5 Å². The fraction of sp³-hybridized carbons (Fsp3) is 0.500. The van der Waals surface area contributed by atoms with E-state index in [0.29, 0.717) is 11.3 Å². The van der Waals surface area contributed by atoms with E-state index >= 15 is 0 Å². The lowest BCUT2D eigenvalue weighted by atomic mass is 10.2. The number of nitrogen functional groups attached to an aromatic ring is 1. The van der Waals surface area contributed by atoms with Crippen LogP contribution in [-0.4, -0.2) is 34.4 Å². The van der Waals surface area contributed by atoms with Gasteiger partial charge in [0.15, 0.2) is 9.84 Å². The second kappa shape index (κ2) is 5.34. The predicted molar refractivity (Wildman–Crippen MR) is 79.7 cm³/mol. The zero-order valence-electron chi connectivity index (χ0n) is 12.0. The third-order valence-electron chi connectivity index (χ3n) is 3.31. The first kappa shape index (κ1) is 16.9. The number of sulfonamides is 1. The van der Waals surface area contributed by atoms with Gasteiger partial charge in [-0.3, -0.25) is 0 Å². The molecule has 0 heterocycles. The summed E-state index contributed by atoms with van der Waals surface area (Å²) in [6.45, 7) is 4.34. The monoisotopic (exact) mass is 320 g/mol. The minimum atomic E-state index is -3.80. The molecule has 0 aliphatic rings. The maximum atomic E-state index is 12.2. The summed E-state index contributed by atoms with van der Waals surface area (Å²) in [5.74, 6) is 0. The Labute approximate surface area is 120 Å². The van der Waals surface area contributed by atoms with Crippen LogP contribution >= 0.6 is 0 Å². The SMILES string of the molecule is Cc1c(N)cccc1S(=O)(=O)NCC(C)(C)S(C)(=O)=O. The standard InChI is InChI=1S/C12H20N2O4S2/c1-9-10(13)6-5-7-11(9)20(17,18)14-8-12(2,3)19(4,15)16/h5-7,14H,8,13H2,1-4H3. The minimum absolute atomic E-state index is 0.0572.